The highest BCUT2D eigenvalue weighted by atomic mass is 32.2. The first-order chi connectivity index (χ1) is 11.7. The molecule has 0 aliphatic heterocycles. The summed E-state index contributed by atoms with van der Waals surface area (Å²) >= 11 is 2.80. The summed E-state index contributed by atoms with van der Waals surface area (Å²) < 4.78 is 7.20. The van der Waals surface area contributed by atoms with Crippen molar-refractivity contribution in [2.24, 2.45) is 0 Å². The van der Waals surface area contributed by atoms with Gasteiger partial charge in [-0.05, 0) is 19.1 Å². The number of thioether (sulfide) groups is 1. The molecule has 0 radical (unpaired) electrons. The summed E-state index contributed by atoms with van der Waals surface area (Å²) in [7, 11) is 0. The van der Waals surface area contributed by atoms with E-state index in [0.29, 0.717) is 27.5 Å². The monoisotopic (exact) mass is 356 g/mol. The summed E-state index contributed by atoms with van der Waals surface area (Å²) in [6.07, 6.45) is 1.72. The van der Waals surface area contributed by atoms with Crippen molar-refractivity contribution in [3.8, 4) is 11.5 Å². The normalized spacial score (nSPS) is 11.2. The van der Waals surface area contributed by atoms with Crippen LogP contribution in [0.15, 0.2) is 56.3 Å². The van der Waals surface area contributed by atoms with Crippen LogP contribution >= 0.6 is 23.1 Å². The summed E-state index contributed by atoms with van der Waals surface area (Å²) in [6.45, 7) is 2.03. The van der Waals surface area contributed by atoms with Crippen LogP contribution in [0.3, 0.4) is 0 Å². The fourth-order valence-electron chi connectivity index (χ4n) is 2.18. The lowest BCUT2D eigenvalue weighted by molar-refractivity contribution is 0.466. The molecule has 0 aliphatic carbocycles. The van der Waals surface area contributed by atoms with E-state index >= 15 is 0 Å². The Balaban J connectivity index is 1.51. The van der Waals surface area contributed by atoms with Crippen molar-refractivity contribution in [2.45, 2.75) is 17.9 Å². The number of aryl methyl sites for hydroxylation is 1. The Hall–Kier alpha value is -2.45. The molecule has 120 valence electrons. The van der Waals surface area contributed by atoms with Crippen LogP contribution in [0.1, 0.15) is 11.3 Å². The van der Waals surface area contributed by atoms with E-state index < -0.39 is 0 Å². The van der Waals surface area contributed by atoms with Gasteiger partial charge in [-0.25, -0.2) is 4.98 Å². The van der Waals surface area contributed by atoms with E-state index in [4.69, 9.17) is 4.42 Å². The molecule has 0 fully saturated rings. The molecule has 6 nitrogen and oxygen atoms in total. The van der Waals surface area contributed by atoms with E-state index in [1.54, 1.807) is 6.20 Å². The number of fused-ring (bicyclic) bond motifs is 1. The van der Waals surface area contributed by atoms with Gasteiger partial charge in [-0.1, -0.05) is 29.5 Å². The molecule has 0 amide bonds. The molecule has 3 heterocycles. The SMILES string of the molecule is Cc1ccc(-c2nnc(SCc3cc(=O)n4ccsc4n3)o2)cc1. The van der Waals surface area contributed by atoms with Gasteiger partial charge in [0.15, 0.2) is 4.96 Å². The third-order valence-corrected chi connectivity index (χ3v) is 5.01. The third-order valence-electron chi connectivity index (χ3n) is 3.40. The first kappa shape index (κ1) is 15.1. The predicted molar refractivity (Wildman–Crippen MR) is 93.4 cm³/mol. The highest BCUT2D eigenvalue weighted by Gasteiger charge is 2.10. The maximum absolute atomic E-state index is 12.0. The van der Waals surface area contributed by atoms with Gasteiger partial charge in [0, 0.05) is 29.0 Å². The summed E-state index contributed by atoms with van der Waals surface area (Å²) in [4.78, 5) is 17.1. The second-order valence-corrected chi connectivity index (χ2v) is 6.97. The van der Waals surface area contributed by atoms with E-state index in [-0.39, 0.29) is 5.56 Å². The van der Waals surface area contributed by atoms with Crippen molar-refractivity contribution in [3.05, 3.63) is 63.5 Å². The molecule has 0 bridgehead atoms. The smallest absolute Gasteiger partial charge is 0.277 e. The average Bonchev–Trinajstić information content (AvgIpc) is 3.23. The van der Waals surface area contributed by atoms with Crippen molar-refractivity contribution < 1.29 is 4.42 Å². The molecule has 0 saturated heterocycles. The van der Waals surface area contributed by atoms with Gasteiger partial charge in [-0.2, -0.15) is 0 Å². The van der Waals surface area contributed by atoms with Gasteiger partial charge in [0.25, 0.3) is 10.8 Å². The molecular weight excluding hydrogens is 344 g/mol. The molecule has 0 unspecified atom stereocenters. The highest BCUT2D eigenvalue weighted by molar-refractivity contribution is 7.98. The zero-order chi connectivity index (χ0) is 16.5. The first-order valence-electron chi connectivity index (χ1n) is 7.18. The van der Waals surface area contributed by atoms with Crippen molar-refractivity contribution in [2.75, 3.05) is 0 Å². The first-order valence-corrected chi connectivity index (χ1v) is 9.05. The number of aromatic nitrogens is 4. The largest absolute Gasteiger partial charge is 0.411 e. The van der Waals surface area contributed by atoms with Crippen molar-refractivity contribution in [1.82, 2.24) is 19.6 Å². The third kappa shape index (κ3) is 2.98. The lowest BCUT2D eigenvalue weighted by atomic mass is 10.1. The van der Waals surface area contributed by atoms with E-state index in [9.17, 15) is 4.79 Å². The van der Waals surface area contributed by atoms with Gasteiger partial charge in [-0.3, -0.25) is 9.20 Å². The van der Waals surface area contributed by atoms with Crippen LogP contribution in [0.5, 0.6) is 0 Å². The lowest BCUT2D eigenvalue weighted by Crippen LogP contribution is -2.12. The number of thiazole rings is 1. The van der Waals surface area contributed by atoms with Crippen LogP contribution in [-0.4, -0.2) is 19.6 Å². The van der Waals surface area contributed by atoms with Gasteiger partial charge in [0.2, 0.25) is 5.89 Å². The Bertz CT molecular complexity index is 1050. The van der Waals surface area contributed by atoms with Crippen LogP contribution in [0, 0.1) is 6.92 Å². The molecule has 0 saturated carbocycles. The van der Waals surface area contributed by atoms with E-state index in [0.717, 1.165) is 5.56 Å². The minimum absolute atomic E-state index is 0.0808. The molecular formula is C16H12N4O2S2. The molecule has 0 aliphatic rings. The van der Waals surface area contributed by atoms with Crippen LogP contribution in [-0.2, 0) is 5.75 Å². The fraction of sp³-hybridized carbons (Fsp3) is 0.125. The Morgan fingerprint density at radius 2 is 2.08 bits per heavy atom. The van der Waals surface area contributed by atoms with Gasteiger partial charge >= 0.3 is 0 Å². The van der Waals surface area contributed by atoms with Crippen LogP contribution < -0.4 is 5.56 Å². The Morgan fingerprint density at radius 3 is 2.92 bits per heavy atom. The molecule has 0 N–H and O–H groups in total. The summed E-state index contributed by atoms with van der Waals surface area (Å²) in [6, 6.07) is 9.43. The molecule has 4 rings (SSSR count). The number of rotatable bonds is 4. The van der Waals surface area contributed by atoms with E-state index in [1.165, 1.54) is 39.1 Å². The fourth-order valence-corrected chi connectivity index (χ4v) is 3.57. The number of benzene rings is 1. The topological polar surface area (TPSA) is 73.3 Å². The van der Waals surface area contributed by atoms with Crippen LogP contribution in [0.2, 0.25) is 0 Å². The van der Waals surface area contributed by atoms with Crippen LogP contribution in [0.25, 0.3) is 16.4 Å². The second kappa shape index (κ2) is 6.21. The molecule has 0 spiro atoms. The predicted octanol–water partition coefficient (Wildman–Crippen LogP) is 3.41. The molecule has 4 aromatic rings. The second-order valence-electron chi connectivity index (χ2n) is 5.17. The van der Waals surface area contributed by atoms with Gasteiger partial charge in [0.1, 0.15) is 0 Å². The summed E-state index contributed by atoms with van der Waals surface area (Å²) in [5, 5.41) is 10.4. The number of hydrogen-bond donors (Lipinski definition) is 0. The minimum atomic E-state index is -0.0808. The molecule has 24 heavy (non-hydrogen) atoms. The molecule has 8 heteroatoms. The summed E-state index contributed by atoms with van der Waals surface area (Å²) in [5.74, 6) is 0.985. The summed E-state index contributed by atoms with van der Waals surface area (Å²) in [5.41, 5.74) is 2.68. The maximum atomic E-state index is 12.0. The van der Waals surface area contributed by atoms with E-state index in [1.807, 2.05) is 36.6 Å². The van der Waals surface area contributed by atoms with Gasteiger partial charge < -0.3 is 4.42 Å². The maximum Gasteiger partial charge on any atom is 0.277 e. The van der Waals surface area contributed by atoms with E-state index in [2.05, 4.69) is 15.2 Å². The van der Waals surface area contributed by atoms with Crippen molar-refractivity contribution in [3.63, 3.8) is 0 Å². The number of nitrogens with zero attached hydrogens (tertiary/aromatic N) is 4. The van der Waals surface area contributed by atoms with Crippen LogP contribution in [0.4, 0.5) is 0 Å². The number of hydrogen-bond acceptors (Lipinski definition) is 7. The Labute approximate surface area is 145 Å². The molecule has 1 aromatic carbocycles. The quantitative estimate of drug-likeness (QED) is 0.522. The Kier molecular flexibility index (Phi) is 3.91. The standard InChI is InChI=1S/C16H12N4O2S2/c1-10-2-4-11(5-3-10)14-18-19-16(22-14)24-9-12-8-13(21)20-6-7-23-15(20)17-12/h2-8H,9H2,1H3. The molecule has 3 aromatic heterocycles. The lowest BCUT2D eigenvalue weighted by Gasteiger charge is -1.98. The average molecular weight is 356 g/mol. The van der Waals surface area contributed by atoms with Gasteiger partial charge in [-0.15, -0.1) is 21.5 Å². The van der Waals surface area contributed by atoms with Gasteiger partial charge in [0.05, 0.1) is 5.69 Å². The minimum Gasteiger partial charge on any atom is -0.411 e. The highest BCUT2D eigenvalue weighted by Crippen LogP contribution is 2.25. The zero-order valence-corrected chi connectivity index (χ0v) is 14.3. The van der Waals surface area contributed by atoms with Crippen molar-refractivity contribution >= 4 is 28.1 Å². The molecule has 0 atom stereocenters. The van der Waals surface area contributed by atoms with Crippen molar-refractivity contribution in [1.29, 1.82) is 0 Å². The Morgan fingerprint density at radius 1 is 1.25 bits per heavy atom. The zero-order valence-electron chi connectivity index (χ0n) is 12.7.